The van der Waals surface area contributed by atoms with Crippen LogP contribution in [0, 0.1) is 0 Å². The van der Waals surface area contributed by atoms with Gasteiger partial charge in [-0.15, -0.1) is 0 Å². The molecule has 0 aliphatic rings. The standard InChI is InChI=1S/C29H27N5O3/c1-2-10-22-17-27(35)32-29(30-22)34-26(19-24(33-34)25-15-9-16-37-25)31-28(36)18-23(20-11-5-3-6-12-20)21-13-7-4-8-14-21/h3-9,11-17,19,23H,2,10,18H2,1H3,(H,31,36)(H,30,32,35). The molecule has 0 bridgehead atoms. The number of benzene rings is 2. The van der Waals surface area contributed by atoms with Crippen LogP contribution in [0.3, 0.4) is 0 Å². The lowest BCUT2D eigenvalue weighted by atomic mass is 9.88. The molecule has 2 N–H and O–H groups in total. The molecule has 0 atom stereocenters. The number of aromatic amines is 1. The SMILES string of the molecule is CCCc1cc(=O)[nH]c(-n2nc(-c3ccco3)cc2NC(=O)CC(c2ccccc2)c2ccccc2)n1. The van der Waals surface area contributed by atoms with Gasteiger partial charge in [-0.3, -0.25) is 14.6 Å². The molecule has 0 aliphatic carbocycles. The van der Waals surface area contributed by atoms with Crippen LogP contribution < -0.4 is 10.9 Å². The minimum atomic E-state index is -0.283. The van der Waals surface area contributed by atoms with E-state index in [1.807, 2.05) is 67.6 Å². The van der Waals surface area contributed by atoms with E-state index in [1.165, 1.54) is 10.7 Å². The Morgan fingerprint density at radius 3 is 2.32 bits per heavy atom. The van der Waals surface area contributed by atoms with Crippen LogP contribution in [0.4, 0.5) is 5.82 Å². The Morgan fingerprint density at radius 2 is 1.70 bits per heavy atom. The molecule has 3 heterocycles. The molecule has 3 aromatic heterocycles. The lowest BCUT2D eigenvalue weighted by Crippen LogP contribution is -2.21. The third-order valence-electron chi connectivity index (χ3n) is 6.03. The Hall–Kier alpha value is -4.72. The van der Waals surface area contributed by atoms with Crippen LogP contribution in [0.1, 0.15) is 42.5 Å². The molecule has 0 saturated heterocycles. The van der Waals surface area contributed by atoms with Gasteiger partial charge in [0.05, 0.1) is 6.26 Å². The number of aryl methyl sites for hydroxylation is 1. The molecular weight excluding hydrogens is 466 g/mol. The molecule has 5 rings (SSSR count). The number of furan rings is 1. The highest BCUT2D eigenvalue weighted by Crippen LogP contribution is 2.29. The number of nitrogens with one attached hydrogen (secondary N) is 2. The van der Waals surface area contributed by atoms with Gasteiger partial charge < -0.3 is 9.73 Å². The van der Waals surface area contributed by atoms with Crippen LogP contribution in [0.25, 0.3) is 17.4 Å². The molecule has 0 unspecified atom stereocenters. The average Bonchev–Trinajstić information content (AvgIpc) is 3.59. The third-order valence-corrected chi connectivity index (χ3v) is 6.03. The van der Waals surface area contributed by atoms with Crippen molar-refractivity contribution in [2.75, 3.05) is 5.32 Å². The summed E-state index contributed by atoms with van der Waals surface area (Å²) >= 11 is 0. The van der Waals surface area contributed by atoms with Gasteiger partial charge >= 0.3 is 0 Å². The van der Waals surface area contributed by atoms with Gasteiger partial charge in [-0.05, 0) is 29.7 Å². The Kier molecular flexibility index (Phi) is 7.07. The molecule has 8 nitrogen and oxygen atoms in total. The van der Waals surface area contributed by atoms with Crippen molar-refractivity contribution in [1.29, 1.82) is 0 Å². The van der Waals surface area contributed by atoms with E-state index in [1.54, 1.807) is 24.5 Å². The summed E-state index contributed by atoms with van der Waals surface area (Å²) in [5.41, 5.74) is 2.97. The maximum atomic E-state index is 13.4. The zero-order valence-corrected chi connectivity index (χ0v) is 20.4. The first kappa shape index (κ1) is 24.0. The summed E-state index contributed by atoms with van der Waals surface area (Å²) < 4.78 is 6.95. The van der Waals surface area contributed by atoms with Gasteiger partial charge in [-0.1, -0.05) is 74.0 Å². The Morgan fingerprint density at radius 1 is 1.00 bits per heavy atom. The zero-order valence-electron chi connectivity index (χ0n) is 20.4. The number of carbonyl (C=O) groups is 1. The molecule has 0 spiro atoms. The van der Waals surface area contributed by atoms with Gasteiger partial charge in [0.2, 0.25) is 11.9 Å². The van der Waals surface area contributed by atoms with Crippen LogP contribution in [-0.2, 0) is 11.2 Å². The van der Waals surface area contributed by atoms with Crippen molar-refractivity contribution in [2.45, 2.75) is 32.1 Å². The number of hydrogen-bond acceptors (Lipinski definition) is 5. The average molecular weight is 494 g/mol. The van der Waals surface area contributed by atoms with Crippen molar-refractivity contribution in [1.82, 2.24) is 19.7 Å². The molecule has 8 heteroatoms. The Bertz CT molecular complexity index is 1480. The highest BCUT2D eigenvalue weighted by Gasteiger charge is 2.21. The fourth-order valence-corrected chi connectivity index (χ4v) is 4.33. The molecule has 0 radical (unpaired) electrons. The number of anilines is 1. The van der Waals surface area contributed by atoms with E-state index in [-0.39, 0.29) is 29.8 Å². The zero-order chi connectivity index (χ0) is 25.6. The van der Waals surface area contributed by atoms with Crippen molar-refractivity contribution in [3.05, 3.63) is 118 Å². The molecule has 5 aromatic rings. The van der Waals surface area contributed by atoms with Crippen LogP contribution in [0.2, 0.25) is 0 Å². The van der Waals surface area contributed by atoms with Gasteiger partial charge in [0, 0.05) is 30.2 Å². The predicted octanol–water partition coefficient (Wildman–Crippen LogP) is 5.33. The molecule has 0 fully saturated rings. The summed E-state index contributed by atoms with van der Waals surface area (Å²) in [6, 6.07) is 26.6. The number of hydrogen-bond donors (Lipinski definition) is 2. The first-order chi connectivity index (χ1) is 18.1. The van der Waals surface area contributed by atoms with E-state index >= 15 is 0 Å². The van der Waals surface area contributed by atoms with Crippen LogP contribution in [0.5, 0.6) is 0 Å². The van der Waals surface area contributed by atoms with Crippen LogP contribution in [0.15, 0.2) is 100 Å². The summed E-state index contributed by atoms with van der Waals surface area (Å²) in [6.45, 7) is 2.02. The van der Waals surface area contributed by atoms with E-state index in [4.69, 9.17) is 4.42 Å². The Labute approximate surface area is 214 Å². The fourth-order valence-electron chi connectivity index (χ4n) is 4.33. The minimum absolute atomic E-state index is 0.130. The second-order valence-electron chi connectivity index (χ2n) is 8.74. The summed E-state index contributed by atoms with van der Waals surface area (Å²) in [5.74, 6) is 0.818. The summed E-state index contributed by atoms with van der Waals surface area (Å²) in [4.78, 5) is 33.1. The maximum Gasteiger partial charge on any atom is 0.252 e. The van der Waals surface area contributed by atoms with Gasteiger partial charge in [-0.2, -0.15) is 9.78 Å². The molecular formula is C29H27N5O3. The van der Waals surface area contributed by atoms with E-state index in [0.717, 1.165) is 17.5 Å². The van der Waals surface area contributed by atoms with Crippen molar-refractivity contribution in [3.8, 4) is 17.4 Å². The molecule has 0 saturated carbocycles. The van der Waals surface area contributed by atoms with Crippen LogP contribution >= 0.6 is 0 Å². The monoisotopic (exact) mass is 493 g/mol. The number of carbonyl (C=O) groups excluding carboxylic acids is 1. The molecule has 2 aromatic carbocycles. The molecule has 37 heavy (non-hydrogen) atoms. The topological polar surface area (TPSA) is 106 Å². The molecule has 0 aliphatic heterocycles. The van der Waals surface area contributed by atoms with Crippen molar-refractivity contribution in [3.63, 3.8) is 0 Å². The van der Waals surface area contributed by atoms with Crippen LogP contribution in [-0.4, -0.2) is 25.7 Å². The molecule has 186 valence electrons. The maximum absolute atomic E-state index is 13.4. The highest BCUT2D eigenvalue weighted by atomic mass is 16.3. The first-order valence-corrected chi connectivity index (χ1v) is 12.2. The quantitative estimate of drug-likeness (QED) is 0.289. The van der Waals surface area contributed by atoms with Crippen molar-refractivity contribution in [2.24, 2.45) is 0 Å². The number of rotatable bonds is 9. The van der Waals surface area contributed by atoms with Crippen molar-refractivity contribution < 1.29 is 9.21 Å². The molecule has 1 amide bonds. The predicted molar refractivity (Wildman–Crippen MR) is 142 cm³/mol. The van der Waals surface area contributed by atoms with Gasteiger partial charge in [0.1, 0.15) is 11.5 Å². The fraction of sp³-hybridized carbons (Fsp3) is 0.172. The number of nitrogens with zero attached hydrogens (tertiary/aromatic N) is 3. The first-order valence-electron chi connectivity index (χ1n) is 12.2. The van der Waals surface area contributed by atoms with E-state index < -0.39 is 0 Å². The Balaban J connectivity index is 1.49. The minimum Gasteiger partial charge on any atom is -0.463 e. The lowest BCUT2D eigenvalue weighted by Gasteiger charge is -2.18. The summed E-state index contributed by atoms with van der Waals surface area (Å²) in [7, 11) is 0. The van der Waals surface area contributed by atoms with E-state index in [0.29, 0.717) is 29.4 Å². The van der Waals surface area contributed by atoms with E-state index in [9.17, 15) is 9.59 Å². The summed E-state index contributed by atoms with van der Waals surface area (Å²) in [6.07, 6.45) is 3.27. The summed E-state index contributed by atoms with van der Waals surface area (Å²) in [5, 5.41) is 7.58. The third kappa shape index (κ3) is 5.59. The van der Waals surface area contributed by atoms with Gasteiger partial charge in [0.15, 0.2) is 5.76 Å². The second kappa shape index (κ2) is 10.9. The highest BCUT2D eigenvalue weighted by molar-refractivity contribution is 5.91. The van der Waals surface area contributed by atoms with Gasteiger partial charge in [-0.25, -0.2) is 4.98 Å². The second-order valence-corrected chi connectivity index (χ2v) is 8.74. The largest absolute Gasteiger partial charge is 0.463 e. The number of H-pyrrole nitrogens is 1. The van der Waals surface area contributed by atoms with Crippen molar-refractivity contribution >= 4 is 11.7 Å². The smallest absolute Gasteiger partial charge is 0.252 e. The lowest BCUT2D eigenvalue weighted by molar-refractivity contribution is -0.116. The normalized spacial score (nSPS) is 11.1. The van der Waals surface area contributed by atoms with E-state index in [2.05, 4.69) is 20.4 Å². The van der Waals surface area contributed by atoms with Gasteiger partial charge in [0.25, 0.3) is 5.56 Å². The number of aromatic nitrogens is 4. The number of amides is 1.